The standard InChI is InChI=1S/C12H14BrN3O4/c1-14-10(17)6-16(2)12(20)15-9-5-7(11(18)19)3-4-8(9)13/h3-5H,6H2,1-2H3,(H,14,17)(H,15,20)(H,18,19). The van der Waals surface area contributed by atoms with Crippen LogP contribution in [0.3, 0.4) is 0 Å². The van der Waals surface area contributed by atoms with E-state index in [0.29, 0.717) is 10.2 Å². The first-order chi connectivity index (χ1) is 9.35. The van der Waals surface area contributed by atoms with Gasteiger partial charge >= 0.3 is 12.0 Å². The number of carboxylic acids is 1. The number of anilines is 1. The second-order valence-electron chi connectivity index (χ2n) is 3.96. The maximum absolute atomic E-state index is 11.9. The van der Waals surface area contributed by atoms with E-state index in [-0.39, 0.29) is 18.0 Å². The van der Waals surface area contributed by atoms with Gasteiger partial charge < -0.3 is 20.6 Å². The zero-order valence-electron chi connectivity index (χ0n) is 10.9. The molecule has 0 bridgehead atoms. The van der Waals surface area contributed by atoms with Gasteiger partial charge in [0.2, 0.25) is 5.91 Å². The van der Waals surface area contributed by atoms with Crippen molar-refractivity contribution in [3.63, 3.8) is 0 Å². The van der Waals surface area contributed by atoms with Crippen LogP contribution in [0.25, 0.3) is 0 Å². The molecular weight excluding hydrogens is 330 g/mol. The van der Waals surface area contributed by atoms with E-state index in [0.717, 1.165) is 0 Å². The molecule has 7 nitrogen and oxygen atoms in total. The van der Waals surface area contributed by atoms with Crippen molar-refractivity contribution in [2.45, 2.75) is 0 Å². The number of hydrogen-bond acceptors (Lipinski definition) is 3. The van der Waals surface area contributed by atoms with Gasteiger partial charge in [0.1, 0.15) is 6.54 Å². The fourth-order valence-corrected chi connectivity index (χ4v) is 1.68. The zero-order valence-corrected chi connectivity index (χ0v) is 12.5. The Morgan fingerprint density at radius 3 is 2.55 bits per heavy atom. The van der Waals surface area contributed by atoms with Gasteiger partial charge in [0.05, 0.1) is 11.3 Å². The lowest BCUT2D eigenvalue weighted by Crippen LogP contribution is -2.39. The summed E-state index contributed by atoms with van der Waals surface area (Å²) in [6, 6.07) is 3.75. The summed E-state index contributed by atoms with van der Waals surface area (Å²) < 4.78 is 0.546. The Morgan fingerprint density at radius 2 is 2.00 bits per heavy atom. The lowest BCUT2D eigenvalue weighted by molar-refractivity contribution is -0.120. The van der Waals surface area contributed by atoms with Crippen molar-refractivity contribution in [1.82, 2.24) is 10.2 Å². The highest BCUT2D eigenvalue weighted by Gasteiger charge is 2.14. The van der Waals surface area contributed by atoms with Crippen molar-refractivity contribution in [2.24, 2.45) is 0 Å². The third-order valence-electron chi connectivity index (χ3n) is 2.46. The quantitative estimate of drug-likeness (QED) is 0.768. The maximum atomic E-state index is 11.9. The Hall–Kier alpha value is -2.09. The molecule has 108 valence electrons. The Kier molecular flexibility index (Phi) is 5.51. The predicted octanol–water partition coefficient (Wildman–Crippen LogP) is 1.36. The number of likely N-dealkylation sites (N-methyl/N-ethyl adjacent to an activating group) is 2. The van der Waals surface area contributed by atoms with E-state index in [2.05, 4.69) is 26.6 Å². The topological polar surface area (TPSA) is 98.7 Å². The molecule has 0 heterocycles. The summed E-state index contributed by atoms with van der Waals surface area (Å²) in [6.07, 6.45) is 0. The molecule has 3 N–H and O–H groups in total. The van der Waals surface area contributed by atoms with Gasteiger partial charge in [-0.05, 0) is 34.1 Å². The summed E-state index contributed by atoms with van der Waals surface area (Å²) in [7, 11) is 2.93. The zero-order chi connectivity index (χ0) is 15.3. The van der Waals surface area contributed by atoms with Crippen LogP contribution in [-0.4, -0.2) is 48.6 Å². The third kappa shape index (κ3) is 4.23. The highest BCUT2D eigenvalue weighted by Crippen LogP contribution is 2.24. The minimum absolute atomic E-state index is 0.0532. The predicted molar refractivity (Wildman–Crippen MR) is 76.8 cm³/mol. The molecule has 0 fully saturated rings. The van der Waals surface area contributed by atoms with Gasteiger partial charge in [0, 0.05) is 18.6 Å². The average Bonchev–Trinajstić information content (AvgIpc) is 2.40. The number of benzene rings is 1. The largest absolute Gasteiger partial charge is 0.478 e. The highest BCUT2D eigenvalue weighted by molar-refractivity contribution is 9.10. The smallest absolute Gasteiger partial charge is 0.335 e. The molecule has 1 rings (SSSR count). The molecule has 3 amide bonds. The first kappa shape index (κ1) is 16.0. The number of nitrogens with zero attached hydrogens (tertiary/aromatic N) is 1. The number of nitrogens with one attached hydrogen (secondary N) is 2. The van der Waals surface area contributed by atoms with Crippen LogP contribution >= 0.6 is 15.9 Å². The number of carbonyl (C=O) groups is 3. The summed E-state index contributed by atoms with van der Waals surface area (Å²) in [5, 5.41) is 13.8. The average molecular weight is 344 g/mol. The van der Waals surface area contributed by atoms with Gasteiger partial charge in [-0.2, -0.15) is 0 Å². The van der Waals surface area contributed by atoms with Crippen LogP contribution in [0.15, 0.2) is 22.7 Å². The van der Waals surface area contributed by atoms with E-state index in [1.165, 1.54) is 37.2 Å². The molecule has 0 aliphatic carbocycles. The van der Waals surface area contributed by atoms with Crippen LogP contribution in [0.1, 0.15) is 10.4 Å². The van der Waals surface area contributed by atoms with Crippen LogP contribution < -0.4 is 10.6 Å². The van der Waals surface area contributed by atoms with Crippen molar-refractivity contribution in [3.05, 3.63) is 28.2 Å². The lowest BCUT2D eigenvalue weighted by atomic mass is 10.2. The minimum atomic E-state index is -1.09. The fraction of sp³-hybridized carbons (Fsp3) is 0.250. The van der Waals surface area contributed by atoms with E-state index in [1.807, 2.05) is 0 Å². The van der Waals surface area contributed by atoms with E-state index in [4.69, 9.17) is 5.11 Å². The Bertz CT molecular complexity index is 548. The molecule has 20 heavy (non-hydrogen) atoms. The number of amides is 3. The summed E-state index contributed by atoms with van der Waals surface area (Å²) in [5.41, 5.74) is 0.371. The number of carboxylic acid groups (broad SMARTS) is 1. The Morgan fingerprint density at radius 1 is 1.35 bits per heavy atom. The second-order valence-corrected chi connectivity index (χ2v) is 4.81. The van der Waals surface area contributed by atoms with Crippen molar-refractivity contribution in [1.29, 1.82) is 0 Å². The highest BCUT2D eigenvalue weighted by atomic mass is 79.9. The molecule has 0 aliphatic heterocycles. The van der Waals surface area contributed by atoms with E-state index in [9.17, 15) is 14.4 Å². The Balaban J connectivity index is 2.82. The van der Waals surface area contributed by atoms with Crippen molar-refractivity contribution < 1.29 is 19.5 Å². The fourth-order valence-electron chi connectivity index (χ4n) is 1.33. The van der Waals surface area contributed by atoms with Gasteiger partial charge in [-0.3, -0.25) is 4.79 Å². The van der Waals surface area contributed by atoms with Gasteiger partial charge in [0.15, 0.2) is 0 Å². The molecule has 0 unspecified atom stereocenters. The number of rotatable bonds is 4. The molecule has 0 atom stereocenters. The number of halogens is 1. The SMILES string of the molecule is CNC(=O)CN(C)C(=O)Nc1cc(C(=O)O)ccc1Br. The maximum Gasteiger partial charge on any atom is 0.335 e. The first-order valence-corrected chi connectivity index (χ1v) is 6.40. The molecule has 0 aromatic heterocycles. The van der Waals surface area contributed by atoms with Crippen molar-refractivity contribution in [3.8, 4) is 0 Å². The number of hydrogen-bond donors (Lipinski definition) is 3. The molecule has 0 saturated carbocycles. The van der Waals surface area contributed by atoms with Gasteiger partial charge in [-0.15, -0.1) is 0 Å². The van der Waals surface area contributed by atoms with Crippen LogP contribution in [0, 0.1) is 0 Å². The van der Waals surface area contributed by atoms with E-state index in [1.54, 1.807) is 0 Å². The van der Waals surface area contributed by atoms with E-state index >= 15 is 0 Å². The number of aromatic carboxylic acids is 1. The summed E-state index contributed by atoms with van der Waals surface area (Å²) in [5.74, 6) is -1.40. The molecule has 0 saturated heterocycles. The Labute approximate surface area is 124 Å². The van der Waals surface area contributed by atoms with E-state index < -0.39 is 12.0 Å². The summed E-state index contributed by atoms with van der Waals surface area (Å²) in [6.45, 7) is -0.0986. The van der Waals surface area contributed by atoms with Gasteiger partial charge in [-0.1, -0.05) is 0 Å². The van der Waals surface area contributed by atoms with Gasteiger partial charge in [-0.25, -0.2) is 9.59 Å². The normalized spacial score (nSPS) is 9.75. The first-order valence-electron chi connectivity index (χ1n) is 5.60. The van der Waals surface area contributed by atoms with Crippen LogP contribution in [0.2, 0.25) is 0 Å². The minimum Gasteiger partial charge on any atom is -0.478 e. The molecule has 0 aliphatic rings. The third-order valence-corrected chi connectivity index (χ3v) is 3.15. The lowest BCUT2D eigenvalue weighted by Gasteiger charge is -2.17. The molecule has 0 radical (unpaired) electrons. The van der Waals surface area contributed by atoms with Crippen molar-refractivity contribution in [2.75, 3.05) is 26.0 Å². The molecule has 1 aromatic rings. The summed E-state index contributed by atoms with van der Waals surface area (Å²) in [4.78, 5) is 35.1. The van der Waals surface area contributed by atoms with Crippen LogP contribution in [0.4, 0.5) is 10.5 Å². The number of urea groups is 1. The number of carbonyl (C=O) groups excluding carboxylic acids is 2. The molecule has 0 spiro atoms. The van der Waals surface area contributed by atoms with Crippen LogP contribution in [0.5, 0.6) is 0 Å². The van der Waals surface area contributed by atoms with Crippen LogP contribution in [-0.2, 0) is 4.79 Å². The van der Waals surface area contributed by atoms with Gasteiger partial charge in [0.25, 0.3) is 0 Å². The van der Waals surface area contributed by atoms with Crippen molar-refractivity contribution >= 4 is 39.5 Å². The molecule has 1 aromatic carbocycles. The summed E-state index contributed by atoms with van der Waals surface area (Å²) >= 11 is 3.22. The molecule has 8 heteroatoms. The molecular formula is C12H14BrN3O4. The second kappa shape index (κ2) is 6.90. The monoisotopic (exact) mass is 343 g/mol.